The Labute approximate surface area is 167 Å². The number of hydrogen-bond acceptors (Lipinski definition) is 6. The Morgan fingerprint density at radius 3 is 2.71 bits per heavy atom. The Hall–Kier alpha value is -1.70. The van der Waals surface area contributed by atoms with Crippen LogP contribution in [0.4, 0.5) is 0 Å². The molecular weight excluding hydrogens is 355 g/mol. The maximum absolute atomic E-state index is 12.6. The highest BCUT2D eigenvalue weighted by Gasteiger charge is 2.37. The number of ketones is 2. The van der Waals surface area contributed by atoms with E-state index in [9.17, 15) is 14.6 Å². The molecule has 2 heterocycles. The largest absolute Gasteiger partial charge is 0.535 e. The first-order valence-corrected chi connectivity index (χ1v) is 10.4. The maximum atomic E-state index is 12.6. The second kappa shape index (κ2) is 9.68. The molecule has 7 heteroatoms. The predicted molar refractivity (Wildman–Crippen MR) is 110 cm³/mol. The highest BCUT2D eigenvalue weighted by atomic mass is 16.5. The van der Waals surface area contributed by atoms with Gasteiger partial charge >= 0.3 is 7.12 Å². The van der Waals surface area contributed by atoms with Crippen LogP contribution in [0.5, 0.6) is 5.75 Å². The van der Waals surface area contributed by atoms with Gasteiger partial charge < -0.3 is 20.3 Å². The van der Waals surface area contributed by atoms with E-state index in [4.69, 9.17) is 10.4 Å². The van der Waals surface area contributed by atoms with Crippen LogP contribution in [-0.2, 0) is 11.2 Å². The van der Waals surface area contributed by atoms with E-state index in [0.717, 1.165) is 51.0 Å². The van der Waals surface area contributed by atoms with Crippen molar-refractivity contribution in [3.8, 4) is 5.75 Å². The van der Waals surface area contributed by atoms with E-state index >= 15 is 0 Å². The van der Waals surface area contributed by atoms with Crippen molar-refractivity contribution in [3.05, 3.63) is 29.3 Å². The van der Waals surface area contributed by atoms with Gasteiger partial charge in [-0.15, -0.1) is 0 Å². The van der Waals surface area contributed by atoms with E-state index in [0.29, 0.717) is 36.5 Å². The van der Waals surface area contributed by atoms with Crippen molar-refractivity contribution in [2.45, 2.75) is 51.3 Å². The van der Waals surface area contributed by atoms with Gasteiger partial charge in [0.15, 0.2) is 5.78 Å². The topological polar surface area (TPSA) is 92.9 Å². The average Bonchev–Trinajstić information content (AvgIpc) is 2.67. The summed E-state index contributed by atoms with van der Waals surface area (Å²) in [5, 5.41) is 10.4. The summed E-state index contributed by atoms with van der Waals surface area (Å²) < 4.78 is 5.64. The molecule has 3 rings (SSSR count). The SMILES string of the molecule is CC(=O)c1cccc2c1OB(O)[C@@H](CC(=O)CC1CCN(CCCN)CC1)C2. The Kier molecular flexibility index (Phi) is 7.27. The van der Waals surface area contributed by atoms with Crippen LogP contribution in [0.2, 0.25) is 5.82 Å². The summed E-state index contributed by atoms with van der Waals surface area (Å²) in [7, 11) is -1.05. The Bertz CT molecular complexity index is 704. The number of para-hydroxylation sites is 1. The molecule has 1 saturated heterocycles. The number of hydrogen-bond donors (Lipinski definition) is 2. The van der Waals surface area contributed by atoms with Crippen LogP contribution in [0.25, 0.3) is 0 Å². The maximum Gasteiger partial charge on any atom is 0.526 e. The third kappa shape index (κ3) is 5.22. The molecule has 0 unspecified atom stereocenters. The fourth-order valence-electron chi connectivity index (χ4n) is 4.36. The van der Waals surface area contributed by atoms with Crippen LogP contribution in [0.15, 0.2) is 18.2 Å². The number of benzene rings is 1. The third-order valence-corrected chi connectivity index (χ3v) is 5.99. The fourth-order valence-corrected chi connectivity index (χ4v) is 4.36. The van der Waals surface area contributed by atoms with Crippen molar-refractivity contribution in [2.75, 3.05) is 26.2 Å². The number of likely N-dealkylation sites (tertiary alicyclic amines) is 1. The van der Waals surface area contributed by atoms with Crippen LogP contribution < -0.4 is 10.4 Å². The van der Waals surface area contributed by atoms with Crippen molar-refractivity contribution in [1.29, 1.82) is 0 Å². The van der Waals surface area contributed by atoms with Crippen LogP contribution in [-0.4, -0.2) is 54.8 Å². The Balaban J connectivity index is 1.51. The van der Waals surface area contributed by atoms with Gasteiger partial charge in [-0.05, 0) is 76.3 Å². The van der Waals surface area contributed by atoms with Gasteiger partial charge in [0.1, 0.15) is 11.5 Å². The van der Waals surface area contributed by atoms with E-state index in [1.807, 2.05) is 12.1 Å². The molecule has 0 spiro atoms. The summed E-state index contributed by atoms with van der Waals surface area (Å²) in [6.45, 7) is 5.33. The number of rotatable bonds is 8. The number of nitrogens with zero attached hydrogens (tertiary/aromatic N) is 1. The molecule has 152 valence electrons. The summed E-state index contributed by atoms with van der Waals surface area (Å²) >= 11 is 0. The van der Waals surface area contributed by atoms with E-state index in [1.165, 1.54) is 6.92 Å². The van der Waals surface area contributed by atoms with Gasteiger partial charge in [-0.1, -0.05) is 12.1 Å². The van der Waals surface area contributed by atoms with Crippen molar-refractivity contribution < 1.29 is 19.3 Å². The lowest BCUT2D eigenvalue weighted by Crippen LogP contribution is -2.37. The molecule has 0 amide bonds. The number of nitrogens with two attached hydrogens (primary N) is 1. The highest BCUT2D eigenvalue weighted by Crippen LogP contribution is 2.37. The lowest BCUT2D eigenvalue weighted by atomic mass is 9.64. The lowest BCUT2D eigenvalue weighted by molar-refractivity contribution is -0.120. The highest BCUT2D eigenvalue weighted by molar-refractivity contribution is 6.47. The molecule has 2 aliphatic rings. The van der Waals surface area contributed by atoms with Gasteiger partial charge in [-0.25, -0.2) is 0 Å². The monoisotopic (exact) mass is 386 g/mol. The molecule has 6 nitrogen and oxygen atoms in total. The summed E-state index contributed by atoms with van der Waals surface area (Å²) in [5.74, 6) is 0.749. The molecular formula is C21H31BN2O4. The first-order valence-electron chi connectivity index (χ1n) is 10.4. The smallest absolute Gasteiger partial charge is 0.526 e. The van der Waals surface area contributed by atoms with E-state index in [-0.39, 0.29) is 17.4 Å². The third-order valence-electron chi connectivity index (χ3n) is 5.99. The molecule has 1 atom stereocenters. The van der Waals surface area contributed by atoms with Crippen molar-refractivity contribution in [3.63, 3.8) is 0 Å². The molecule has 3 N–H and O–H groups in total. The van der Waals surface area contributed by atoms with Gasteiger partial charge in [-0.2, -0.15) is 0 Å². The van der Waals surface area contributed by atoms with Crippen LogP contribution in [0.1, 0.15) is 54.9 Å². The van der Waals surface area contributed by atoms with Crippen molar-refractivity contribution in [1.82, 2.24) is 4.90 Å². The summed E-state index contributed by atoms with van der Waals surface area (Å²) in [6.07, 6.45) is 4.57. The molecule has 1 fully saturated rings. The fraction of sp³-hybridized carbons (Fsp3) is 0.619. The standard InChI is InChI=1S/C21H31BN2O4/c1-15(25)20-5-2-4-17-13-18(22(27)28-21(17)20)14-19(26)12-16-6-10-24(11-7-16)9-3-8-23/h2,4-5,16,18,27H,3,6-14,23H2,1H3/t18-/m1/s1. The van der Waals surface area contributed by atoms with Gasteiger partial charge in [-0.3, -0.25) is 9.59 Å². The average molecular weight is 386 g/mol. The minimum absolute atomic E-state index is 0.0867. The molecule has 0 radical (unpaired) electrons. The number of piperidine rings is 1. The number of fused-ring (bicyclic) bond motifs is 1. The summed E-state index contributed by atoms with van der Waals surface area (Å²) in [6, 6.07) is 5.44. The second-order valence-electron chi connectivity index (χ2n) is 8.20. The molecule has 0 bridgehead atoms. The molecule has 0 aromatic heterocycles. The predicted octanol–water partition coefficient (Wildman–Crippen LogP) is 2.08. The van der Waals surface area contributed by atoms with Crippen LogP contribution in [0.3, 0.4) is 0 Å². The molecule has 0 saturated carbocycles. The Morgan fingerprint density at radius 2 is 2.04 bits per heavy atom. The number of Topliss-reactive ketones (excluding diaryl/α,β-unsaturated/α-hetero) is 2. The first kappa shape index (κ1) is 21.0. The van der Waals surface area contributed by atoms with Gasteiger partial charge in [0.05, 0.1) is 5.56 Å². The molecule has 2 aliphatic heterocycles. The Morgan fingerprint density at radius 1 is 1.29 bits per heavy atom. The molecule has 0 aliphatic carbocycles. The van der Waals surface area contributed by atoms with Crippen LogP contribution in [0, 0.1) is 5.92 Å². The van der Waals surface area contributed by atoms with E-state index in [1.54, 1.807) is 6.07 Å². The zero-order valence-corrected chi connectivity index (χ0v) is 16.7. The first-order chi connectivity index (χ1) is 13.5. The number of carbonyl (C=O) groups excluding carboxylic acids is 2. The van der Waals surface area contributed by atoms with Crippen molar-refractivity contribution >= 4 is 18.7 Å². The number of carbonyl (C=O) groups is 2. The zero-order chi connectivity index (χ0) is 20.1. The minimum atomic E-state index is -1.05. The normalized spacial score (nSPS) is 20.5. The lowest BCUT2D eigenvalue weighted by Gasteiger charge is -2.32. The van der Waals surface area contributed by atoms with Gasteiger partial charge in [0.25, 0.3) is 0 Å². The van der Waals surface area contributed by atoms with E-state index < -0.39 is 7.12 Å². The van der Waals surface area contributed by atoms with Gasteiger partial charge in [0.2, 0.25) is 0 Å². The van der Waals surface area contributed by atoms with Gasteiger partial charge in [0, 0.05) is 18.7 Å². The quantitative estimate of drug-likeness (QED) is 0.525. The summed E-state index contributed by atoms with van der Waals surface area (Å²) in [4.78, 5) is 26.8. The summed E-state index contributed by atoms with van der Waals surface area (Å²) in [5.41, 5.74) is 6.95. The zero-order valence-electron chi connectivity index (χ0n) is 16.7. The second-order valence-corrected chi connectivity index (χ2v) is 8.20. The molecule has 1 aromatic rings. The minimum Gasteiger partial charge on any atom is -0.535 e. The van der Waals surface area contributed by atoms with Crippen molar-refractivity contribution in [2.24, 2.45) is 11.7 Å². The molecule has 1 aromatic carbocycles. The van der Waals surface area contributed by atoms with Crippen LogP contribution >= 0.6 is 0 Å². The van der Waals surface area contributed by atoms with E-state index in [2.05, 4.69) is 4.90 Å². The molecule has 28 heavy (non-hydrogen) atoms.